The molecule has 0 saturated carbocycles. The van der Waals surface area contributed by atoms with Gasteiger partial charge in [-0.05, 0) is 24.8 Å². The van der Waals surface area contributed by atoms with E-state index < -0.39 is 0 Å². The minimum absolute atomic E-state index is 0.136. The number of carbonyl (C=O) groups excluding carboxylic acids is 1. The number of rotatable bonds is 3. The lowest BCUT2D eigenvalue weighted by molar-refractivity contribution is -0.121. The van der Waals surface area contributed by atoms with E-state index in [-0.39, 0.29) is 12.5 Å². The van der Waals surface area contributed by atoms with E-state index in [0.29, 0.717) is 12.2 Å². The molecule has 0 aromatic carbocycles. The quantitative estimate of drug-likeness (QED) is 0.567. The lowest BCUT2D eigenvalue weighted by Crippen LogP contribution is -2.14. The number of allylic oxidation sites excluding steroid dienone is 2. The van der Waals surface area contributed by atoms with Crippen LogP contribution in [0.4, 0.5) is 0 Å². The average molecular weight is 206 g/mol. The lowest BCUT2D eigenvalue weighted by atomic mass is 9.89. The summed E-state index contributed by atoms with van der Waals surface area (Å²) in [5.74, 6) is 6.65. The van der Waals surface area contributed by atoms with Crippen LogP contribution in [-0.4, -0.2) is 17.5 Å². The molecule has 1 N–H and O–H groups in total. The van der Waals surface area contributed by atoms with E-state index in [0.717, 1.165) is 31.3 Å². The highest BCUT2D eigenvalue weighted by molar-refractivity contribution is 5.84. The van der Waals surface area contributed by atoms with Crippen LogP contribution in [0.15, 0.2) is 11.6 Å². The molecule has 0 saturated heterocycles. The standard InChI is InChI=1S/C13H18O2/c1-11-10-12(7-8-13(11)15)6-4-2-3-5-9-14/h7,11,14H,2-3,5,8-10H2,1H3. The van der Waals surface area contributed by atoms with Crippen molar-refractivity contribution < 1.29 is 9.90 Å². The Morgan fingerprint density at radius 2 is 2.33 bits per heavy atom. The van der Waals surface area contributed by atoms with E-state index in [1.165, 1.54) is 0 Å². The fraction of sp³-hybridized carbons (Fsp3) is 0.615. The van der Waals surface area contributed by atoms with Crippen LogP contribution in [-0.2, 0) is 4.79 Å². The van der Waals surface area contributed by atoms with E-state index in [4.69, 9.17) is 5.11 Å². The maximum atomic E-state index is 11.2. The molecule has 0 aromatic rings. The Hall–Kier alpha value is -1.07. The SMILES string of the molecule is CC1CC(C#CCCCCO)=CCC1=O. The minimum Gasteiger partial charge on any atom is -0.396 e. The Bertz CT molecular complexity index is 304. The van der Waals surface area contributed by atoms with E-state index in [1.54, 1.807) is 0 Å². The molecule has 2 nitrogen and oxygen atoms in total. The maximum Gasteiger partial charge on any atom is 0.139 e. The van der Waals surface area contributed by atoms with Gasteiger partial charge in [0.2, 0.25) is 0 Å². The number of aliphatic hydroxyl groups excluding tert-OH is 1. The minimum atomic E-state index is 0.136. The van der Waals surface area contributed by atoms with Crippen molar-refractivity contribution in [2.75, 3.05) is 6.61 Å². The summed E-state index contributed by atoms with van der Waals surface area (Å²) in [6, 6.07) is 0. The van der Waals surface area contributed by atoms with Crippen molar-refractivity contribution in [2.45, 2.75) is 39.0 Å². The Morgan fingerprint density at radius 1 is 1.53 bits per heavy atom. The number of hydrogen-bond donors (Lipinski definition) is 1. The summed E-state index contributed by atoms with van der Waals surface area (Å²) in [6.07, 6.45) is 5.89. The van der Waals surface area contributed by atoms with Gasteiger partial charge in [-0.3, -0.25) is 4.79 Å². The van der Waals surface area contributed by atoms with Gasteiger partial charge in [0.25, 0.3) is 0 Å². The lowest BCUT2D eigenvalue weighted by Gasteiger charge is -2.13. The van der Waals surface area contributed by atoms with Crippen molar-refractivity contribution in [3.63, 3.8) is 0 Å². The fourth-order valence-electron chi connectivity index (χ4n) is 1.56. The van der Waals surface area contributed by atoms with Crippen molar-refractivity contribution in [1.29, 1.82) is 0 Å². The normalized spacial score (nSPS) is 20.5. The van der Waals surface area contributed by atoms with Gasteiger partial charge in [0.15, 0.2) is 0 Å². The van der Waals surface area contributed by atoms with E-state index in [2.05, 4.69) is 11.8 Å². The zero-order chi connectivity index (χ0) is 11.1. The highest BCUT2D eigenvalue weighted by Gasteiger charge is 2.17. The van der Waals surface area contributed by atoms with Gasteiger partial charge in [-0.15, -0.1) is 0 Å². The monoisotopic (exact) mass is 206 g/mol. The molecule has 1 rings (SSSR count). The molecule has 0 bridgehead atoms. The molecule has 1 atom stereocenters. The number of hydrogen-bond acceptors (Lipinski definition) is 2. The number of unbranched alkanes of at least 4 members (excludes halogenated alkanes) is 2. The first-order valence-corrected chi connectivity index (χ1v) is 5.55. The molecule has 1 aliphatic rings. The van der Waals surface area contributed by atoms with Gasteiger partial charge in [-0.25, -0.2) is 0 Å². The first-order chi connectivity index (χ1) is 7.24. The van der Waals surface area contributed by atoms with Crippen molar-refractivity contribution in [3.8, 4) is 11.8 Å². The molecule has 1 unspecified atom stereocenters. The van der Waals surface area contributed by atoms with Gasteiger partial charge in [-0.2, -0.15) is 0 Å². The van der Waals surface area contributed by atoms with E-state index in [1.807, 2.05) is 13.0 Å². The molecule has 0 amide bonds. The molecule has 0 aliphatic heterocycles. The Kier molecular flexibility index (Phi) is 5.14. The van der Waals surface area contributed by atoms with Crippen molar-refractivity contribution >= 4 is 5.78 Å². The molecule has 2 heteroatoms. The summed E-state index contributed by atoms with van der Waals surface area (Å²) in [4.78, 5) is 11.2. The molecular weight excluding hydrogens is 188 g/mol. The number of ketones is 1. The first-order valence-electron chi connectivity index (χ1n) is 5.55. The van der Waals surface area contributed by atoms with Crippen LogP contribution in [0, 0.1) is 17.8 Å². The van der Waals surface area contributed by atoms with Crippen LogP contribution in [0.25, 0.3) is 0 Å². The Balaban J connectivity index is 2.35. The second-order valence-electron chi connectivity index (χ2n) is 3.99. The summed E-state index contributed by atoms with van der Waals surface area (Å²) < 4.78 is 0. The third kappa shape index (κ3) is 4.31. The molecule has 0 spiro atoms. The molecule has 82 valence electrons. The fourth-order valence-corrected chi connectivity index (χ4v) is 1.56. The third-order valence-electron chi connectivity index (χ3n) is 2.58. The Labute approximate surface area is 91.4 Å². The van der Waals surface area contributed by atoms with Gasteiger partial charge in [0.05, 0.1) is 0 Å². The van der Waals surface area contributed by atoms with Crippen molar-refractivity contribution in [3.05, 3.63) is 11.6 Å². The van der Waals surface area contributed by atoms with Gasteiger partial charge in [-0.1, -0.05) is 24.8 Å². The number of aliphatic hydroxyl groups is 1. The first kappa shape index (κ1) is 12.0. The zero-order valence-electron chi connectivity index (χ0n) is 9.25. The molecule has 0 fully saturated rings. The highest BCUT2D eigenvalue weighted by atomic mass is 16.2. The largest absolute Gasteiger partial charge is 0.396 e. The predicted molar refractivity (Wildman–Crippen MR) is 60.2 cm³/mol. The number of carbonyl (C=O) groups is 1. The predicted octanol–water partition coefficient (Wildman–Crippen LogP) is 2.08. The topological polar surface area (TPSA) is 37.3 Å². The van der Waals surface area contributed by atoms with Gasteiger partial charge in [0.1, 0.15) is 5.78 Å². The summed E-state index contributed by atoms with van der Waals surface area (Å²) in [7, 11) is 0. The van der Waals surface area contributed by atoms with Gasteiger partial charge >= 0.3 is 0 Å². The third-order valence-corrected chi connectivity index (χ3v) is 2.58. The van der Waals surface area contributed by atoms with Crippen molar-refractivity contribution in [2.24, 2.45) is 5.92 Å². The summed E-state index contributed by atoms with van der Waals surface area (Å²) in [5, 5.41) is 8.58. The zero-order valence-corrected chi connectivity index (χ0v) is 9.25. The second-order valence-corrected chi connectivity index (χ2v) is 3.99. The molecular formula is C13H18O2. The van der Waals surface area contributed by atoms with Crippen LogP contribution in [0.3, 0.4) is 0 Å². The molecule has 0 radical (unpaired) electrons. The summed E-state index contributed by atoms with van der Waals surface area (Å²) in [6.45, 7) is 2.21. The van der Waals surface area contributed by atoms with Crippen LogP contribution >= 0.6 is 0 Å². The number of Topliss-reactive ketones (excluding diaryl/α,β-unsaturated/α-hetero) is 1. The van der Waals surface area contributed by atoms with Gasteiger partial charge < -0.3 is 5.11 Å². The highest BCUT2D eigenvalue weighted by Crippen LogP contribution is 2.19. The molecule has 0 heterocycles. The van der Waals surface area contributed by atoms with Crippen LogP contribution < -0.4 is 0 Å². The van der Waals surface area contributed by atoms with Crippen LogP contribution in [0.2, 0.25) is 0 Å². The van der Waals surface area contributed by atoms with Crippen molar-refractivity contribution in [1.82, 2.24) is 0 Å². The van der Waals surface area contributed by atoms with Crippen LogP contribution in [0.1, 0.15) is 39.0 Å². The van der Waals surface area contributed by atoms with Gasteiger partial charge in [0, 0.05) is 25.4 Å². The van der Waals surface area contributed by atoms with Crippen LogP contribution in [0.5, 0.6) is 0 Å². The molecule has 1 aliphatic carbocycles. The van der Waals surface area contributed by atoms with E-state index in [9.17, 15) is 4.79 Å². The second kappa shape index (κ2) is 6.42. The maximum absolute atomic E-state index is 11.2. The summed E-state index contributed by atoms with van der Waals surface area (Å²) >= 11 is 0. The summed E-state index contributed by atoms with van der Waals surface area (Å²) in [5.41, 5.74) is 1.10. The van der Waals surface area contributed by atoms with E-state index >= 15 is 0 Å². The molecule has 15 heavy (non-hydrogen) atoms. The smallest absolute Gasteiger partial charge is 0.139 e. The molecule has 0 aromatic heterocycles. The Morgan fingerprint density at radius 3 is 3.00 bits per heavy atom. The average Bonchev–Trinajstić information content (AvgIpc) is 2.23.